The van der Waals surface area contributed by atoms with Gasteiger partial charge in [-0.05, 0) is 149 Å². The van der Waals surface area contributed by atoms with Crippen LogP contribution in [0.1, 0.15) is 119 Å². The SMILES string of the molecule is C=C(C)C(=O)OCC(O)COC(=O)c1cc(C(=O)OCC2C3CC4CC(C3)CC2C4)c(C(=O)OCC(O)COC(=O)C(=C)C)cc1C(=O)OCC1C2CC3CC(C2)CC1C3. The Morgan fingerprint density at radius 1 is 0.483 bits per heavy atom. The van der Waals surface area contributed by atoms with Gasteiger partial charge < -0.3 is 38.6 Å². The molecule has 14 heteroatoms. The average molecular weight is 835 g/mol. The van der Waals surface area contributed by atoms with Crippen LogP contribution < -0.4 is 0 Å². The highest BCUT2D eigenvalue weighted by Crippen LogP contribution is 2.57. The number of rotatable bonds is 18. The Kier molecular flexibility index (Phi) is 13.5. The lowest BCUT2D eigenvalue weighted by Gasteiger charge is -2.54. The maximum absolute atomic E-state index is 14.1. The summed E-state index contributed by atoms with van der Waals surface area (Å²) in [6, 6.07) is 2.08. The van der Waals surface area contributed by atoms with Crippen LogP contribution in [0.4, 0.5) is 0 Å². The fourth-order valence-electron chi connectivity index (χ4n) is 11.6. The molecule has 8 fully saturated rings. The van der Waals surface area contributed by atoms with E-state index in [2.05, 4.69) is 13.2 Å². The first-order valence-electron chi connectivity index (χ1n) is 21.5. The Hall–Kier alpha value is -4.56. The number of hydrogen-bond donors (Lipinski definition) is 2. The summed E-state index contributed by atoms with van der Waals surface area (Å²) in [5.41, 5.74) is -1.38. The Labute approximate surface area is 350 Å². The summed E-state index contributed by atoms with van der Waals surface area (Å²) in [5.74, 6) is -0.792. The standard InChI is InChI=1S/C46H58O14/c1-23(2)41(49)55-17-33(47)19-57-43(51)35-15-38(46(54)60-22-40-31-11-27-6-28(13-31)14-32(40)12-27)36(44(52)58-20-34(48)18-56-42(50)24(3)4)16-37(35)45(53)59-21-39-29-7-25-5-26(9-29)10-30(39)8-25/h15-16,25-34,39-40,47-48H,1,3,5-14,17-22H2,2,4H3. The van der Waals surface area contributed by atoms with E-state index in [0.29, 0.717) is 47.3 Å². The molecule has 9 rings (SSSR count). The molecule has 326 valence electrons. The van der Waals surface area contributed by atoms with Crippen LogP contribution in [0, 0.1) is 59.2 Å². The second-order valence-corrected chi connectivity index (χ2v) is 18.6. The lowest BCUT2D eigenvalue weighted by molar-refractivity contribution is -0.143. The van der Waals surface area contributed by atoms with Crippen LogP contribution in [-0.2, 0) is 38.0 Å². The molecule has 2 unspecified atom stereocenters. The molecule has 0 heterocycles. The van der Waals surface area contributed by atoms with Crippen LogP contribution in [-0.4, -0.2) is 97.9 Å². The molecular formula is C46H58O14. The van der Waals surface area contributed by atoms with Crippen molar-refractivity contribution in [3.05, 3.63) is 58.7 Å². The number of aliphatic hydroxyl groups is 2. The van der Waals surface area contributed by atoms with Gasteiger partial charge in [-0.25, -0.2) is 28.8 Å². The van der Waals surface area contributed by atoms with Crippen molar-refractivity contribution in [3.63, 3.8) is 0 Å². The van der Waals surface area contributed by atoms with E-state index in [1.807, 2.05) is 0 Å². The van der Waals surface area contributed by atoms with Crippen molar-refractivity contribution < 1.29 is 67.4 Å². The molecule has 8 aliphatic carbocycles. The molecule has 60 heavy (non-hydrogen) atoms. The molecule has 0 aromatic heterocycles. The van der Waals surface area contributed by atoms with Crippen LogP contribution in [0.25, 0.3) is 0 Å². The molecule has 0 spiro atoms. The third kappa shape index (κ3) is 9.96. The van der Waals surface area contributed by atoms with Gasteiger partial charge in [0.2, 0.25) is 0 Å². The van der Waals surface area contributed by atoms with E-state index in [0.717, 1.165) is 63.5 Å². The van der Waals surface area contributed by atoms with Crippen LogP contribution in [0.3, 0.4) is 0 Å². The molecule has 1 aromatic rings. The van der Waals surface area contributed by atoms with Crippen molar-refractivity contribution in [1.82, 2.24) is 0 Å². The monoisotopic (exact) mass is 834 g/mol. The molecule has 0 amide bonds. The van der Waals surface area contributed by atoms with Gasteiger partial charge in [-0.15, -0.1) is 0 Å². The molecule has 8 saturated carbocycles. The summed E-state index contributed by atoms with van der Waals surface area (Å²) in [4.78, 5) is 79.5. The molecule has 0 radical (unpaired) electrons. The Morgan fingerprint density at radius 2 is 0.750 bits per heavy atom. The van der Waals surface area contributed by atoms with Crippen molar-refractivity contribution in [2.75, 3.05) is 39.6 Å². The van der Waals surface area contributed by atoms with Crippen LogP contribution >= 0.6 is 0 Å². The maximum Gasteiger partial charge on any atom is 0.339 e. The fraction of sp³-hybridized carbons (Fsp3) is 0.652. The minimum atomic E-state index is -1.44. The predicted molar refractivity (Wildman–Crippen MR) is 212 cm³/mol. The van der Waals surface area contributed by atoms with Gasteiger partial charge in [0.15, 0.2) is 0 Å². The number of hydrogen-bond acceptors (Lipinski definition) is 14. The fourth-order valence-corrected chi connectivity index (χ4v) is 11.6. The Balaban J connectivity index is 1.14. The third-order valence-electron chi connectivity index (χ3n) is 14.0. The molecule has 0 saturated heterocycles. The zero-order chi connectivity index (χ0) is 42.8. The van der Waals surface area contributed by atoms with Gasteiger partial charge in [0, 0.05) is 11.1 Å². The molecule has 1 aromatic carbocycles. The van der Waals surface area contributed by atoms with Crippen molar-refractivity contribution in [2.45, 2.75) is 90.3 Å². The zero-order valence-corrected chi connectivity index (χ0v) is 34.6. The molecule has 2 atom stereocenters. The smallest absolute Gasteiger partial charge is 0.339 e. The van der Waals surface area contributed by atoms with Gasteiger partial charge in [0.05, 0.1) is 35.5 Å². The topological polar surface area (TPSA) is 198 Å². The summed E-state index contributed by atoms with van der Waals surface area (Å²) < 4.78 is 32.5. The largest absolute Gasteiger partial charge is 0.462 e. The number of benzene rings is 1. The second kappa shape index (κ2) is 18.6. The van der Waals surface area contributed by atoms with E-state index in [1.165, 1.54) is 26.7 Å². The van der Waals surface area contributed by atoms with Gasteiger partial charge in [-0.2, -0.15) is 0 Å². The van der Waals surface area contributed by atoms with E-state index < -0.39 is 85.6 Å². The Morgan fingerprint density at radius 3 is 1.03 bits per heavy atom. The van der Waals surface area contributed by atoms with Gasteiger partial charge in [0.25, 0.3) is 0 Å². The van der Waals surface area contributed by atoms with Gasteiger partial charge in [0.1, 0.15) is 38.6 Å². The summed E-state index contributed by atoms with van der Waals surface area (Å²) in [6.07, 6.45) is 8.34. The number of carbonyl (C=O) groups excluding carboxylic acids is 6. The third-order valence-corrected chi connectivity index (χ3v) is 14.0. The maximum atomic E-state index is 14.1. The summed E-state index contributed by atoms with van der Waals surface area (Å²) in [6.45, 7) is 7.77. The van der Waals surface area contributed by atoms with Crippen LogP contribution in [0.2, 0.25) is 0 Å². The molecule has 2 N–H and O–H groups in total. The second-order valence-electron chi connectivity index (χ2n) is 18.6. The van der Waals surface area contributed by atoms with Gasteiger partial charge in [-0.3, -0.25) is 0 Å². The van der Waals surface area contributed by atoms with Crippen LogP contribution in [0.5, 0.6) is 0 Å². The molecule has 0 aliphatic heterocycles. The number of ether oxygens (including phenoxy) is 6. The number of esters is 6. The van der Waals surface area contributed by atoms with E-state index in [-0.39, 0.29) is 47.3 Å². The average Bonchev–Trinajstić information content (AvgIpc) is 3.21. The van der Waals surface area contributed by atoms with Crippen LogP contribution in [0.15, 0.2) is 36.4 Å². The van der Waals surface area contributed by atoms with E-state index >= 15 is 0 Å². The summed E-state index contributed by atoms with van der Waals surface area (Å²) in [7, 11) is 0. The highest BCUT2D eigenvalue weighted by Gasteiger charge is 2.50. The highest BCUT2D eigenvalue weighted by atomic mass is 16.6. The molecule has 8 aliphatic rings. The molecule has 8 bridgehead atoms. The Bertz CT molecular complexity index is 1690. The number of carbonyl (C=O) groups is 6. The minimum absolute atomic E-state index is 0.109. The van der Waals surface area contributed by atoms with Crippen molar-refractivity contribution in [1.29, 1.82) is 0 Å². The van der Waals surface area contributed by atoms with Gasteiger partial charge >= 0.3 is 35.8 Å². The summed E-state index contributed by atoms with van der Waals surface area (Å²) >= 11 is 0. The van der Waals surface area contributed by atoms with E-state index in [9.17, 15) is 39.0 Å². The summed E-state index contributed by atoms with van der Waals surface area (Å²) in [5, 5.41) is 20.9. The van der Waals surface area contributed by atoms with Gasteiger partial charge in [-0.1, -0.05) is 13.2 Å². The lowest BCUT2D eigenvalue weighted by Crippen LogP contribution is -2.46. The quantitative estimate of drug-likeness (QED) is 0.108. The minimum Gasteiger partial charge on any atom is -0.462 e. The first-order chi connectivity index (χ1) is 28.6. The normalized spacial score (nSPS) is 30.1. The molecular weight excluding hydrogens is 776 g/mol. The lowest BCUT2D eigenvalue weighted by atomic mass is 9.52. The highest BCUT2D eigenvalue weighted by molar-refractivity contribution is 6.10. The van der Waals surface area contributed by atoms with Crippen molar-refractivity contribution in [3.8, 4) is 0 Å². The number of aliphatic hydroxyl groups excluding tert-OH is 2. The van der Waals surface area contributed by atoms with E-state index in [4.69, 9.17) is 28.4 Å². The first kappa shape index (κ1) is 43.5. The van der Waals surface area contributed by atoms with Crippen molar-refractivity contribution >= 4 is 35.8 Å². The van der Waals surface area contributed by atoms with E-state index in [1.54, 1.807) is 0 Å². The van der Waals surface area contributed by atoms with Crippen molar-refractivity contribution in [2.24, 2.45) is 59.2 Å². The zero-order valence-electron chi connectivity index (χ0n) is 34.6. The predicted octanol–water partition coefficient (Wildman–Crippen LogP) is 5.42. The molecule has 14 nitrogen and oxygen atoms in total. The first-order valence-corrected chi connectivity index (χ1v) is 21.5.